The molecule has 0 fully saturated rings. The maximum absolute atomic E-state index is 12.0. The molecule has 0 spiro atoms. The Morgan fingerprint density at radius 1 is 1.33 bits per heavy atom. The summed E-state index contributed by atoms with van der Waals surface area (Å²) in [5.41, 5.74) is 0.793. The van der Waals surface area contributed by atoms with Crippen molar-refractivity contribution in [2.75, 3.05) is 5.32 Å². The van der Waals surface area contributed by atoms with E-state index in [9.17, 15) is 9.59 Å². The number of nitrogens with one attached hydrogen (secondary N) is 1. The predicted octanol–water partition coefficient (Wildman–Crippen LogP) is 1.83. The van der Waals surface area contributed by atoms with Crippen molar-refractivity contribution in [1.82, 2.24) is 14.3 Å². The molecular formula is C15H20N4O2. The highest BCUT2D eigenvalue weighted by molar-refractivity contribution is 5.91. The molecule has 6 heteroatoms. The van der Waals surface area contributed by atoms with Crippen LogP contribution < -0.4 is 10.9 Å². The minimum Gasteiger partial charge on any atom is -0.321 e. The molecular weight excluding hydrogens is 268 g/mol. The SMILES string of the molecule is CCn1cccc(NC(=O)Cc2ccn(C(C)C)n2)c1=O. The van der Waals surface area contributed by atoms with Crippen molar-refractivity contribution in [2.24, 2.45) is 0 Å². The zero-order valence-corrected chi connectivity index (χ0v) is 12.5. The molecule has 21 heavy (non-hydrogen) atoms. The molecule has 0 bridgehead atoms. The van der Waals surface area contributed by atoms with E-state index in [1.807, 2.05) is 33.0 Å². The lowest BCUT2D eigenvalue weighted by molar-refractivity contribution is -0.115. The maximum Gasteiger partial charge on any atom is 0.274 e. The van der Waals surface area contributed by atoms with Crippen LogP contribution in [0.5, 0.6) is 0 Å². The third kappa shape index (κ3) is 3.59. The quantitative estimate of drug-likeness (QED) is 0.912. The first-order chi connectivity index (χ1) is 10.0. The number of anilines is 1. The first kappa shape index (κ1) is 15.0. The fraction of sp³-hybridized carbons (Fsp3) is 0.400. The number of amides is 1. The van der Waals surface area contributed by atoms with Gasteiger partial charge in [0, 0.05) is 25.0 Å². The second-order valence-electron chi connectivity index (χ2n) is 5.12. The Bertz CT molecular complexity index is 685. The molecule has 112 valence electrons. The van der Waals surface area contributed by atoms with E-state index in [-0.39, 0.29) is 23.9 Å². The molecule has 0 aromatic carbocycles. The van der Waals surface area contributed by atoms with Gasteiger partial charge in [0.2, 0.25) is 5.91 Å². The first-order valence-electron chi connectivity index (χ1n) is 7.04. The van der Waals surface area contributed by atoms with Crippen LogP contribution in [0.25, 0.3) is 0 Å². The molecule has 0 radical (unpaired) electrons. The number of hydrogen-bond donors (Lipinski definition) is 1. The summed E-state index contributed by atoms with van der Waals surface area (Å²) >= 11 is 0. The zero-order valence-electron chi connectivity index (χ0n) is 12.5. The average Bonchev–Trinajstić information content (AvgIpc) is 2.90. The number of aryl methyl sites for hydroxylation is 1. The minimum absolute atomic E-state index is 0.153. The molecule has 2 rings (SSSR count). The van der Waals surface area contributed by atoms with Gasteiger partial charge in [0.25, 0.3) is 5.56 Å². The Labute approximate surface area is 123 Å². The molecule has 2 heterocycles. The third-order valence-corrected chi connectivity index (χ3v) is 3.17. The summed E-state index contributed by atoms with van der Waals surface area (Å²) in [6.45, 7) is 6.49. The van der Waals surface area contributed by atoms with Crippen molar-refractivity contribution in [2.45, 2.75) is 39.8 Å². The van der Waals surface area contributed by atoms with Crippen LogP contribution in [0.4, 0.5) is 5.69 Å². The van der Waals surface area contributed by atoms with Crippen molar-refractivity contribution < 1.29 is 4.79 Å². The largest absolute Gasteiger partial charge is 0.321 e. The molecule has 1 N–H and O–H groups in total. The molecule has 6 nitrogen and oxygen atoms in total. The monoisotopic (exact) mass is 288 g/mol. The van der Waals surface area contributed by atoms with Crippen LogP contribution in [-0.4, -0.2) is 20.3 Å². The Morgan fingerprint density at radius 3 is 2.71 bits per heavy atom. The van der Waals surface area contributed by atoms with Crippen LogP contribution in [0.1, 0.15) is 32.5 Å². The average molecular weight is 288 g/mol. The fourth-order valence-corrected chi connectivity index (χ4v) is 2.00. The van der Waals surface area contributed by atoms with Gasteiger partial charge in [0.05, 0.1) is 12.1 Å². The molecule has 0 saturated carbocycles. The van der Waals surface area contributed by atoms with Crippen LogP contribution >= 0.6 is 0 Å². The van der Waals surface area contributed by atoms with E-state index in [2.05, 4.69) is 10.4 Å². The number of hydrogen-bond acceptors (Lipinski definition) is 3. The van der Waals surface area contributed by atoms with Gasteiger partial charge in [-0.25, -0.2) is 0 Å². The van der Waals surface area contributed by atoms with E-state index in [1.165, 1.54) is 0 Å². The van der Waals surface area contributed by atoms with Gasteiger partial charge in [0.15, 0.2) is 0 Å². The summed E-state index contributed by atoms with van der Waals surface area (Å²) < 4.78 is 3.35. The van der Waals surface area contributed by atoms with Crippen molar-refractivity contribution in [3.63, 3.8) is 0 Å². The van der Waals surface area contributed by atoms with Gasteiger partial charge in [-0.2, -0.15) is 5.10 Å². The van der Waals surface area contributed by atoms with Crippen molar-refractivity contribution in [1.29, 1.82) is 0 Å². The van der Waals surface area contributed by atoms with E-state index in [0.717, 1.165) is 0 Å². The number of aromatic nitrogens is 3. The van der Waals surface area contributed by atoms with E-state index in [1.54, 1.807) is 27.6 Å². The predicted molar refractivity (Wildman–Crippen MR) is 81.3 cm³/mol. The van der Waals surface area contributed by atoms with E-state index < -0.39 is 0 Å². The van der Waals surface area contributed by atoms with Crippen LogP contribution in [0.2, 0.25) is 0 Å². The zero-order chi connectivity index (χ0) is 15.4. The molecule has 0 unspecified atom stereocenters. The smallest absolute Gasteiger partial charge is 0.274 e. The second-order valence-corrected chi connectivity index (χ2v) is 5.12. The van der Waals surface area contributed by atoms with Gasteiger partial charge in [-0.05, 0) is 39.0 Å². The molecule has 0 atom stereocenters. The summed E-state index contributed by atoms with van der Waals surface area (Å²) in [6.07, 6.45) is 3.70. The highest BCUT2D eigenvalue weighted by Crippen LogP contribution is 2.06. The molecule has 0 aliphatic carbocycles. The van der Waals surface area contributed by atoms with Crippen LogP contribution in [0, 0.1) is 0 Å². The molecule has 2 aromatic rings. The van der Waals surface area contributed by atoms with E-state index in [0.29, 0.717) is 17.9 Å². The van der Waals surface area contributed by atoms with Crippen molar-refractivity contribution >= 4 is 11.6 Å². The Morgan fingerprint density at radius 2 is 2.10 bits per heavy atom. The molecule has 0 aliphatic rings. The Balaban J connectivity index is 2.06. The molecule has 2 aromatic heterocycles. The lowest BCUT2D eigenvalue weighted by Gasteiger charge is -2.07. The number of carbonyl (C=O) groups excluding carboxylic acids is 1. The molecule has 1 amide bonds. The lowest BCUT2D eigenvalue weighted by atomic mass is 10.3. The fourth-order valence-electron chi connectivity index (χ4n) is 2.00. The van der Waals surface area contributed by atoms with E-state index in [4.69, 9.17) is 0 Å². The van der Waals surface area contributed by atoms with Crippen LogP contribution in [0.15, 0.2) is 35.4 Å². The standard InChI is InChI=1S/C15H20N4O2/c1-4-18-8-5-6-13(15(18)21)16-14(20)10-12-7-9-19(17-12)11(2)3/h5-9,11H,4,10H2,1-3H3,(H,16,20). The Hall–Kier alpha value is -2.37. The summed E-state index contributed by atoms with van der Waals surface area (Å²) in [5.74, 6) is -0.241. The lowest BCUT2D eigenvalue weighted by Crippen LogP contribution is -2.25. The summed E-state index contributed by atoms with van der Waals surface area (Å²) in [6, 6.07) is 5.43. The number of rotatable bonds is 5. The second kappa shape index (κ2) is 6.39. The molecule has 0 aliphatic heterocycles. The number of carbonyl (C=O) groups is 1. The molecule has 0 saturated heterocycles. The number of pyridine rings is 1. The van der Waals surface area contributed by atoms with Gasteiger partial charge in [-0.15, -0.1) is 0 Å². The normalized spacial score (nSPS) is 10.9. The topological polar surface area (TPSA) is 68.9 Å². The highest BCUT2D eigenvalue weighted by Gasteiger charge is 2.10. The van der Waals surface area contributed by atoms with Crippen LogP contribution in [-0.2, 0) is 17.8 Å². The van der Waals surface area contributed by atoms with E-state index >= 15 is 0 Å². The van der Waals surface area contributed by atoms with Gasteiger partial charge >= 0.3 is 0 Å². The van der Waals surface area contributed by atoms with Gasteiger partial charge in [0.1, 0.15) is 5.69 Å². The first-order valence-corrected chi connectivity index (χ1v) is 7.04. The third-order valence-electron chi connectivity index (χ3n) is 3.17. The summed E-state index contributed by atoms with van der Waals surface area (Å²) in [4.78, 5) is 24.0. The minimum atomic E-state index is -0.241. The Kier molecular flexibility index (Phi) is 4.57. The van der Waals surface area contributed by atoms with Gasteiger partial charge < -0.3 is 9.88 Å². The van der Waals surface area contributed by atoms with Gasteiger partial charge in [-0.1, -0.05) is 0 Å². The maximum atomic E-state index is 12.0. The van der Waals surface area contributed by atoms with Gasteiger partial charge in [-0.3, -0.25) is 14.3 Å². The summed E-state index contributed by atoms with van der Waals surface area (Å²) in [7, 11) is 0. The van der Waals surface area contributed by atoms with Crippen molar-refractivity contribution in [3.05, 3.63) is 46.6 Å². The highest BCUT2D eigenvalue weighted by atomic mass is 16.2. The van der Waals surface area contributed by atoms with Crippen LogP contribution in [0.3, 0.4) is 0 Å². The summed E-state index contributed by atoms with van der Waals surface area (Å²) in [5, 5.41) is 6.97. The number of nitrogens with zero attached hydrogens (tertiary/aromatic N) is 3. The van der Waals surface area contributed by atoms with Crippen molar-refractivity contribution in [3.8, 4) is 0 Å².